The maximum atomic E-state index is 13.0. The standard InChI is InChI=1S/C21H27N3O4S/c1-12-22-19-17(18(29-12)15-7-6-14(26-4)10-16(15)27-5)20(25)23-24(19)13-8-9-28-21(2,3)11-13/h6-7,10,13,18H,8-9,11H2,1-5H3,(H,23,25)/t13-,18-/m0/s1. The summed E-state index contributed by atoms with van der Waals surface area (Å²) in [6.07, 6.45) is 1.67. The molecular weight excluding hydrogens is 390 g/mol. The molecule has 2 aliphatic rings. The molecule has 1 aromatic heterocycles. The van der Waals surface area contributed by atoms with Crippen LogP contribution in [0, 0.1) is 0 Å². The quantitative estimate of drug-likeness (QED) is 0.806. The lowest BCUT2D eigenvalue weighted by molar-refractivity contribution is -0.0705. The van der Waals surface area contributed by atoms with Gasteiger partial charge in [0, 0.05) is 18.2 Å². The number of ether oxygens (including phenoxy) is 3. The molecule has 0 aliphatic carbocycles. The summed E-state index contributed by atoms with van der Waals surface area (Å²) in [6.45, 7) is 6.82. The van der Waals surface area contributed by atoms with Crippen LogP contribution in [0.1, 0.15) is 56.0 Å². The third kappa shape index (κ3) is 3.71. The Balaban J connectivity index is 1.81. The second-order valence-corrected chi connectivity index (χ2v) is 9.34. The van der Waals surface area contributed by atoms with Crippen molar-refractivity contribution in [3.05, 3.63) is 39.7 Å². The van der Waals surface area contributed by atoms with Gasteiger partial charge in [-0.25, -0.2) is 4.99 Å². The van der Waals surface area contributed by atoms with Crippen molar-refractivity contribution in [3.63, 3.8) is 0 Å². The van der Waals surface area contributed by atoms with E-state index in [1.165, 1.54) is 0 Å². The summed E-state index contributed by atoms with van der Waals surface area (Å²) in [5.74, 6) is 2.13. The van der Waals surface area contributed by atoms with E-state index in [0.29, 0.717) is 23.7 Å². The van der Waals surface area contributed by atoms with Crippen LogP contribution >= 0.6 is 11.8 Å². The molecule has 4 rings (SSSR count). The number of rotatable bonds is 4. The summed E-state index contributed by atoms with van der Waals surface area (Å²) in [6, 6.07) is 5.86. The summed E-state index contributed by atoms with van der Waals surface area (Å²) in [5, 5.41) is 3.79. The zero-order valence-electron chi connectivity index (χ0n) is 17.4. The highest BCUT2D eigenvalue weighted by Gasteiger charge is 2.36. The number of fused-ring (bicyclic) bond motifs is 1. The molecule has 0 bridgehead atoms. The van der Waals surface area contributed by atoms with Gasteiger partial charge in [0.25, 0.3) is 5.56 Å². The maximum absolute atomic E-state index is 13.0. The van der Waals surface area contributed by atoms with Crippen LogP contribution in [0.15, 0.2) is 28.0 Å². The fraction of sp³-hybridized carbons (Fsp3) is 0.524. The minimum Gasteiger partial charge on any atom is -0.497 e. The van der Waals surface area contributed by atoms with E-state index >= 15 is 0 Å². The number of aromatic amines is 1. The number of aromatic nitrogens is 2. The van der Waals surface area contributed by atoms with Crippen molar-refractivity contribution in [2.75, 3.05) is 20.8 Å². The molecule has 0 amide bonds. The predicted octanol–water partition coefficient (Wildman–Crippen LogP) is 4.21. The van der Waals surface area contributed by atoms with E-state index in [1.54, 1.807) is 26.0 Å². The third-order valence-corrected chi connectivity index (χ3v) is 6.67. The Morgan fingerprint density at radius 3 is 2.79 bits per heavy atom. The van der Waals surface area contributed by atoms with Gasteiger partial charge < -0.3 is 14.2 Å². The second-order valence-electron chi connectivity index (χ2n) is 8.04. The molecule has 29 heavy (non-hydrogen) atoms. The number of benzene rings is 1. The second kappa shape index (κ2) is 7.57. The van der Waals surface area contributed by atoms with Crippen molar-refractivity contribution in [2.24, 2.45) is 4.99 Å². The van der Waals surface area contributed by atoms with Gasteiger partial charge in [-0.15, -0.1) is 0 Å². The highest BCUT2D eigenvalue weighted by molar-refractivity contribution is 8.14. The van der Waals surface area contributed by atoms with Crippen molar-refractivity contribution in [1.82, 2.24) is 9.78 Å². The maximum Gasteiger partial charge on any atom is 0.271 e. The van der Waals surface area contributed by atoms with Crippen molar-refractivity contribution in [3.8, 4) is 11.5 Å². The topological polar surface area (TPSA) is 77.8 Å². The number of nitrogens with zero attached hydrogens (tertiary/aromatic N) is 2. The molecule has 1 aromatic carbocycles. The number of methoxy groups -OCH3 is 2. The number of aliphatic imine (C=N–C) groups is 1. The molecule has 7 nitrogen and oxygen atoms in total. The van der Waals surface area contributed by atoms with Gasteiger partial charge >= 0.3 is 0 Å². The summed E-state index contributed by atoms with van der Waals surface area (Å²) >= 11 is 1.57. The molecule has 0 saturated carbocycles. The SMILES string of the molecule is COc1ccc([C@@H]2SC(C)=Nc3c2c(=O)[nH]n3[C@H]2CCOC(C)(C)C2)c(OC)c1. The molecule has 0 spiro atoms. The van der Waals surface area contributed by atoms with E-state index in [1.807, 2.05) is 29.8 Å². The molecule has 156 valence electrons. The Kier molecular flexibility index (Phi) is 5.25. The van der Waals surface area contributed by atoms with E-state index < -0.39 is 0 Å². The number of hydrogen-bond donors (Lipinski definition) is 1. The van der Waals surface area contributed by atoms with E-state index in [-0.39, 0.29) is 22.5 Å². The van der Waals surface area contributed by atoms with Crippen LogP contribution in [0.5, 0.6) is 11.5 Å². The van der Waals surface area contributed by atoms with Crippen LogP contribution in [0.2, 0.25) is 0 Å². The molecule has 1 fully saturated rings. The third-order valence-electron chi connectivity index (χ3n) is 5.51. The highest BCUT2D eigenvalue weighted by atomic mass is 32.2. The fourth-order valence-electron chi connectivity index (χ4n) is 4.15. The first-order chi connectivity index (χ1) is 13.8. The molecule has 1 saturated heterocycles. The fourth-order valence-corrected chi connectivity index (χ4v) is 5.28. The molecule has 2 atom stereocenters. The van der Waals surface area contributed by atoms with E-state index in [0.717, 1.165) is 29.3 Å². The Hall–Kier alpha value is -2.19. The molecule has 2 aromatic rings. The average molecular weight is 418 g/mol. The largest absolute Gasteiger partial charge is 0.497 e. The van der Waals surface area contributed by atoms with Gasteiger partial charge in [-0.3, -0.25) is 14.6 Å². The van der Waals surface area contributed by atoms with Gasteiger partial charge in [0.1, 0.15) is 11.5 Å². The highest BCUT2D eigenvalue weighted by Crippen LogP contribution is 2.48. The Bertz CT molecular complexity index is 1010. The van der Waals surface area contributed by atoms with Gasteiger partial charge in [0.15, 0.2) is 5.82 Å². The normalized spacial score (nSPS) is 23.3. The smallest absolute Gasteiger partial charge is 0.271 e. The van der Waals surface area contributed by atoms with Gasteiger partial charge in [0.05, 0.1) is 41.7 Å². The van der Waals surface area contributed by atoms with Crippen LogP contribution in [-0.2, 0) is 4.74 Å². The van der Waals surface area contributed by atoms with E-state index in [2.05, 4.69) is 18.9 Å². The molecule has 8 heteroatoms. The van der Waals surface area contributed by atoms with Crippen LogP contribution < -0.4 is 15.0 Å². The van der Waals surface area contributed by atoms with Crippen molar-refractivity contribution in [1.29, 1.82) is 0 Å². The summed E-state index contributed by atoms with van der Waals surface area (Å²) in [7, 11) is 3.26. The first kappa shape index (κ1) is 20.1. The first-order valence-electron chi connectivity index (χ1n) is 9.75. The molecule has 3 heterocycles. The van der Waals surface area contributed by atoms with Gasteiger partial charge in [-0.1, -0.05) is 17.8 Å². The average Bonchev–Trinajstić information content (AvgIpc) is 3.02. The summed E-state index contributed by atoms with van der Waals surface area (Å²) in [5.41, 5.74) is 1.28. The molecule has 0 unspecified atom stereocenters. The van der Waals surface area contributed by atoms with E-state index in [9.17, 15) is 4.79 Å². The lowest BCUT2D eigenvalue weighted by Crippen LogP contribution is -2.35. The molecule has 0 radical (unpaired) electrons. The van der Waals surface area contributed by atoms with Crippen LogP contribution in [0.25, 0.3) is 0 Å². The van der Waals surface area contributed by atoms with Gasteiger partial charge in [0.2, 0.25) is 0 Å². The van der Waals surface area contributed by atoms with Crippen molar-refractivity contribution >= 4 is 22.6 Å². The number of thioether (sulfide) groups is 1. The zero-order chi connectivity index (χ0) is 20.8. The summed E-state index contributed by atoms with van der Waals surface area (Å²) < 4.78 is 18.7. The van der Waals surface area contributed by atoms with Gasteiger partial charge in [-0.2, -0.15) is 0 Å². The number of H-pyrrole nitrogens is 1. The molecule has 1 N–H and O–H groups in total. The Morgan fingerprint density at radius 1 is 1.31 bits per heavy atom. The molecular formula is C21H27N3O4S. The van der Waals surface area contributed by atoms with Crippen molar-refractivity contribution < 1.29 is 14.2 Å². The lowest BCUT2D eigenvalue weighted by Gasteiger charge is -2.36. The first-order valence-corrected chi connectivity index (χ1v) is 10.6. The Morgan fingerprint density at radius 2 is 2.10 bits per heavy atom. The number of hydrogen-bond acceptors (Lipinski definition) is 6. The lowest BCUT2D eigenvalue weighted by atomic mass is 9.94. The predicted molar refractivity (Wildman–Crippen MR) is 115 cm³/mol. The minimum atomic E-state index is -0.224. The van der Waals surface area contributed by atoms with Crippen LogP contribution in [-0.4, -0.2) is 41.3 Å². The minimum absolute atomic E-state index is 0.101. The monoisotopic (exact) mass is 417 g/mol. The Labute approximate surface area is 174 Å². The van der Waals surface area contributed by atoms with Gasteiger partial charge in [-0.05, 0) is 39.7 Å². The molecule has 2 aliphatic heterocycles. The van der Waals surface area contributed by atoms with Crippen LogP contribution in [0.3, 0.4) is 0 Å². The summed E-state index contributed by atoms with van der Waals surface area (Å²) in [4.78, 5) is 17.8. The van der Waals surface area contributed by atoms with Crippen molar-refractivity contribution in [2.45, 2.75) is 50.5 Å². The number of nitrogens with one attached hydrogen (secondary N) is 1. The zero-order valence-corrected chi connectivity index (χ0v) is 18.3. The van der Waals surface area contributed by atoms with Crippen LogP contribution in [0.4, 0.5) is 5.82 Å². The van der Waals surface area contributed by atoms with E-state index in [4.69, 9.17) is 19.2 Å².